The van der Waals surface area contributed by atoms with Gasteiger partial charge in [-0.2, -0.15) is 0 Å². The number of aryl methyl sites for hydroxylation is 1. The summed E-state index contributed by atoms with van der Waals surface area (Å²) in [5.74, 6) is 0. The van der Waals surface area contributed by atoms with E-state index in [4.69, 9.17) is 0 Å². The highest BCUT2D eigenvalue weighted by molar-refractivity contribution is 7.10. The van der Waals surface area contributed by atoms with Gasteiger partial charge < -0.3 is 5.32 Å². The topological polar surface area (TPSA) is 55.2 Å². The second-order valence-electron chi connectivity index (χ2n) is 3.88. The van der Waals surface area contributed by atoms with Crippen LogP contribution in [-0.4, -0.2) is 4.92 Å². The van der Waals surface area contributed by atoms with Crippen molar-refractivity contribution >= 4 is 22.7 Å². The van der Waals surface area contributed by atoms with Gasteiger partial charge in [-0.15, -0.1) is 11.3 Å². The lowest BCUT2D eigenvalue weighted by Gasteiger charge is -2.06. The van der Waals surface area contributed by atoms with E-state index in [9.17, 15) is 10.1 Å². The molecule has 2 rings (SSSR count). The van der Waals surface area contributed by atoms with Crippen LogP contribution in [0.3, 0.4) is 0 Å². The lowest BCUT2D eigenvalue weighted by atomic mass is 10.2. The first-order chi connectivity index (χ1) is 8.70. The zero-order valence-electron chi connectivity index (χ0n) is 10.1. The summed E-state index contributed by atoms with van der Waals surface area (Å²) in [4.78, 5) is 11.5. The highest BCUT2D eigenvalue weighted by Gasteiger charge is 2.05. The van der Waals surface area contributed by atoms with Gasteiger partial charge in [0, 0.05) is 29.2 Å². The molecule has 0 fully saturated rings. The lowest BCUT2D eigenvalue weighted by molar-refractivity contribution is -0.384. The van der Waals surface area contributed by atoms with Crippen LogP contribution in [0.2, 0.25) is 0 Å². The molecule has 1 aromatic heterocycles. The molecular formula is C13H14N2O2S. The van der Waals surface area contributed by atoms with E-state index >= 15 is 0 Å². The number of nitro groups is 1. The molecule has 1 heterocycles. The lowest BCUT2D eigenvalue weighted by Crippen LogP contribution is -1.99. The molecule has 4 nitrogen and oxygen atoms in total. The van der Waals surface area contributed by atoms with Crippen LogP contribution in [0, 0.1) is 10.1 Å². The van der Waals surface area contributed by atoms with Crippen molar-refractivity contribution in [2.45, 2.75) is 19.9 Å². The molecule has 1 N–H and O–H groups in total. The maximum atomic E-state index is 10.5. The maximum absolute atomic E-state index is 10.5. The van der Waals surface area contributed by atoms with Gasteiger partial charge in [-0.1, -0.05) is 6.92 Å². The van der Waals surface area contributed by atoms with E-state index in [-0.39, 0.29) is 5.69 Å². The summed E-state index contributed by atoms with van der Waals surface area (Å²) < 4.78 is 0. The molecule has 1 aromatic carbocycles. The maximum Gasteiger partial charge on any atom is 0.269 e. The molecular weight excluding hydrogens is 248 g/mol. The van der Waals surface area contributed by atoms with E-state index in [0.29, 0.717) is 0 Å². The van der Waals surface area contributed by atoms with Gasteiger partial charge >= 0.3 is 0 Å². The summed E-state index contributed by atoms with van der Waals surface area (Å²) in [6.45, 7) is 2.90. The number of thiophene rings is 1. The number of hydrogen-bond donors (Lipinski definition) is 1. The molecule has 2 aromatic rings. The molecule has 0 bridgehead atoms. The zero-order chi connectivity index (χ0) is 13.0. The molecule has 0 aliphatic rings. The molecule has 18 heavy (non-hydrogen) atoms. The van der Waals surface area contributed by atoms with Gasteiger partial charge in [-0.3, -0.25) is 10.1 Å². The van der Waals surface area contributed by atoms with Crippen molar-refractivity contribution in [3.8, 4) is 0 Å². The monoisotopic (exact) mass is 262 g/mol. The Kier molecular flexibility index (Phi) is 3.94. The molecule has 0 amide bonds. The zero-order valence-corrected chi connectivity index (χ0v) is 10.9. The summed E-state index contributed by atoms with van der Waals surface area (Å²) in [6.07, 6.45) is 1.03. The van der Waals surface area contributed by atoms with Gasteiger partial charge in [-0.25, -0.2) is 0 Å². The van der Waals surface area contributed by atoms with Gasteiger partial charge in [0.1, 0.15) is 0 Å². The Morgan fingerprint density at radius 3 is 2.61 bits per heavy atom. The minimum absolute atomic E-state index is 0.117. The molecule has 0 spiro atoms. The Balaban J connectivity index is 2.00. The number of non-ortho nitro benzene ring substituents is 1. The van der Waals surface area contributed by atoms with Crippen molar-refractivity contribution in [2.75, 3.05) is 5.32 Å². The van der Waals surface area contributed by atoms with Crippen LogP contribution in [0.25, 0.3) is 0 Å². The van der Waals surface area contributed by atoms with Gasteiger partial charge in [0.05, 0.1) is 4.92 Å². The molecule has 0 saturated carbocycles. The van der Waals surface area contributed by atoms with E-state index in [0.717, 1.165) is 18.7 Å². The third kappa shape index (κ3) is 2.87. The second kappa shape index (κ2) is 5.64. The fourth-order valence-corrected chi connectivity index (χ4v) is 2.64. The highest BCUT2D eigenvalue weighted by Crippen LogP contribution is 2.20. The van der Waals surface area contributed by atoms with Crippen molar-refractivity contribution in [3.63, 3.8) is 0 Å². The van der Waals surface area contributed by atoms with Crippen molar-refractivity contribution in [1.29, 1.82) is 0 Å². The van der Waals surface area contributed by atoms with Crippen molar-refractivity contribution in [3.05, 3.63) is 56.3 Å². The fourth-order valence-electron chi connectivity index (χ4n) is 1.72. The minimum Gasteiger partial charge on any atom is -0.380 e. The minimum atomic E-state index is -0.391. The quantitative estimate of drug-likeness (QED) is 0.658. The van der Waals surface area contributed by atoms with Gasteiger partial charge in [0.15, 0.2) is 0 Å². The summed E-state index contributed by atoms with van der Waals surface area (Å²) in [7, 11) is 0. The van der Waals surface area contributed by atoms with Crippen LogP contribution in [0.15, 0.2) is 35.7 Å². The van der Waals surface area contributed by atoms with Crippen molar-refractivity contribution in [1.82, 2.24) is 0 Å². The summed E-state index contributed by atoms with van der Waals surface area (Å²) in [6, 6.07) is 8.63. The predicted molar refractivity (Wildman–Crippen MR) is 74.1 cm³/mol. The molecule has 5 heteroatoms. The van der Waals surface area contributed by atoms with Crippen LogP contribution in [-0.2, 0) is 13.0 Å². The van der Waals surface area contributed by atoms with E-state index in [1.54, 1.807) is 23.5 Å². The number of nitrogens with zero attached hydrogens (tertiary/aromatic N) is 1. The number of benzene rings is 1. The first-order valence-electron chi connectivity index (χ1n) is 5.74. The summed E-state index contributed by atoms with van der Waals surface area (Å²) in [5, 5.41) is 15.9. The third-order valence-electron chi connectivity index (χ3n) is 2.75. The van der Waals surface area contributed by atoms with E-state index < -0.39 is 4.92 Å². The first kappa shape index (κ1) is 12.6. The Morgan fingerprint density at radius 2 is 2.00 bits per heavy atom. The molecule has 94 valence electrons. The van der Waals surface area contributed by atoms with E-state index in [1.165, 1.54) is 22.6 Å². The predicted octanol–water partition coefficient (Wildman–Crippen LogP) is 3.83. The number of nitro benzene ring substituents is 1. The van der Waals surface area contributed by atoms with Gasteiger partial charge in [0.25, 0.3) is 5.69 Å². The highest BCUT2D eigenvalue weighted by atomic mass is 32.1. The average Bonchev–Trinajstić information content (AvgIpc) is 2.84. The molecule has 0 saturated heterocycles. The molecule has 0 radical (unpaired) electrons. The van der Waals surface area contributed by atoms with E-state index in [2.05, 4.69) is 23.7 Å². The normalized spacial score (nSPS) is 10.3. The van der Waals surface area contributed by atoms with E-state index in [1.807, 2.05) is 0 Å². The number of nitrogens with one attached hydrogen (secondary N) is 1. The number of rotatable bonds is 5. The Bertz CT molecular complexity index is 534. The van der Waals surface area contributed by atoms with Crippen LogP contribution in [0.4, 0.5) is 11.4 Å². The standard InChI is InChI=1S/C13H14N2O2S/c1-2-10-7-8-18-13(10)9-14-11-3-5-12(6-4-11)15(16)17/h3-8,14H,2,9H2,1H3. The van der Waals surface area contributed by atoms with Crippen LogP contribution in [0.5, 0.6) is 0 Å². The average molecular weight is 262 g/mol. The SMILES string of the molecule is CCc1ccsc1CNc1ccc([N+](=O)[O-])cc1. The number of hydrogen-bond acceptors (Lipinski definition) is 4. The second-order valence-corrected chi connectivity index (χ2v) is 4.88. The van der Waals surface area contributed by atoms with Crippen molar-refractivity contribution in [2.24, 2.45) is 0 Å². The smallest absolute Gasteiger partial charge is 0.269 e. The van der Waals surface area contributed by atoms with Gasteiger partial charge in [0.2, 0.25) is 0 Å². The number of anilines is 1. The first-order valence-corrected chi connectivity index (χ1v) is 6.62. The van der Waals surface area contributed by atoms with Crippen LogP contribution >= 0.6 is 11.3 Å². The fraction of sp³-hybridized carbons (Fsp3) is 0.231. The van der Waals surface area contributed by atoms with Gasteiger partial charge in [-0.05, 0) is 35.6 Å². The van der Waals surface area contributed by atoms with Crippen LogP contribution in [0.1, 0.15) is 17.4 Å². The molecule has 0 aliphatic heterocycles. The summed E-state index contributed by atoms with van der Waals surface area (Å²) in [5.41, 5.74) is 2.37. The Morgan fingerprint density at radius 1 is 1.28 bits per heavy atom. The largest absolute Gasteiger partial charge is 0.380 e. The third-order valence-corrected chi connectivity index (χ3v) is 3.71. The summed E-state index contributed by atoms with van der Waals surface area (Å²) >= 11 is 1.73. The molecule has 0 atom stereocenters. The van der Waals surface area contributed by atoms with Crippen LogP contribution < -0.4 is 5.32 Å². The molecule has 0 aliphatic carbocycles. The Labute approximate surface area is 109 Å². The Hall–Kier alpha value is -1.88. The van der Waals surface area contributed by atoms with Crippen molar-refractivity contribution < 1.29 is 4.92 Å². The molecule has 0 unspecified atom stereocenters.